The zero-order valence-electron chi connectivity index (χ0n) is 17.8. The van der Waals surface area contributed by atoms with Crippen molar-refractivity contribution in [2.24, 2.45) is 5.10 Å². The van der Waals surface area contributed by atoms with Crippen LogP contribution in [0.25, 0.3) is 10.8 Å². The molecule has 164 valence electrons. The maximum Gasteiger partial charge on any atom is 0.292 e. The third-order valence-corrected chi connectivity index (χ3v) is 5.37. The number of carbonyl (C=O) groups is 1. The molecular weight excluding hydrogens is 420 g/mol. The molecule has 2 heterocycles. The van der Waals surface area contributed by atoms with E-state index in [0.717, 1.165) is 11.1 Å². The van der Waals surface area contributed by atoms with Gasteiger partial charge in [-0.05, 0) is 36.8 Å². The average molecular weight is 440 g/mol. The van der Waals surface area contributed by atoms with Crippen LogP contribution < -0.4 is 20.5 Å². The van der Waals surface area contributed by atoms with Crippen molar-refractivity contribution in [3.05, 3.63) is 100.0 Å². The van der Waals surface area contributed by atoms with Crippen molar-refractivity contribution in [2.45, 2.75) is 13.5 Å². The zero-order valence-corrected chi connectivity index (χ0v) is 17.8. The lowest BCUT2D eigenvalue weighted by Crippen LogP contribution is -2.29. The van der Waals surface area contributed by atoms with Crippen molar-refractivity contribution in [3.63, 3.8) is 0 Å². The van der Waals surface area contributed by atoms with Gasteiger partial charge in [0.1, 0.15) is 0 Å². The summed E-state index contributed by atoms with van der Waals surface area (Å²) in [6.07, 6.45) is 0. The molecular formula is C25H20N4O4. The first kappa shape index (κ1) is 20.4. The number of hydrazone groups is 1. The Bertz CT molecular complexity index is 1440. The first-order valence-corrected chi connectivity index (χ1v) is 10.4. The molecule has 8 heteroatoms. The summed E-state index contributed by atoms with van der Waals surface area (Å²) in [6, 6.07) is 21.9. The minimum Gasteiger partial charge on any atom is -0.454 e. The average Bonchev–Trinajstić information content (AvgIpc) is 3.33. The summed E-state index contributed by atoms with van der Waals surface area (Å²) < 4.78 is 12.0. The van der Waals surface area contributed by atoms with Crippen LogP contribution in [0.15, 0.2) is 82.7 Å². The predicted molar refractivity (Wildman–Crippen MR) is 124 cm³/mol. The summed E-state index contributed by atoms with van der Waals surface area (Å²) >= 11 is 0. The Kier molecular flexibility index (Phi) is 5.32. The van der Waals surface area contributed by atoms with Gasteiger partial charge in [0.2, 0.25) is 6.79 Å². The van der Waals surface area contributed by atoms with Crippen LogP contribution in [0.4, 0.5) is 0 Å². The van der Waals surface area contributed by atoms with Gasteiger partial charge in [0.25, 0.3) is 11.5 Å². The summed E-state index contributed by atoms with van der Waals surface area (Å²) in [6.45, 7) is 2.22. The van der Waals surface area contributed by atoms with Crippen LogP contribution in [0.2, 0.25) is 0 Å². The molecule has 0 radical (unpaired) electrons. The fraction of sp³-hybridized carbons (Fsp3) is 0.120. The molecule has 4 aromatic rings. The Labute approximate surface area is 189 Å². The van der Waals surface area contributed by atoms with Crippen molar-refractivity contribution < 1.29 is 14.3 Å². The zero-order chi connectivity index (χ0) is 22.8. The molecule has 33 heavy (non-hydrogen) atoms. The van der Waals surface area contributed by atoms with Crippen LogP contribution in [-0.2, 0) is 6.54 Å². The quantitative estimate of drug-likeness (QED) is 0.379. The lowest BCUT2D eigenvalue weighted by atomic mass is 10.1. The fourth-order valence-electron chi connectivity index (χ4n) is 3.64. The van der Waals surface area contributed by atoms with Gasteiger partial charge < -0.3 is 9.47 Å². The van der Waals surface area contributed by atoms with E-state index in [0.29, 0.717) is 28.0 Å². The third kappa shape index (κ3) is 4.06. The van der Waals surface area contributed by atoms with E-state index in [2.05, 4.69) is 15.6 Å². The topological polar surface area (TPSA) is 94.8 Å². The van der Waals surface area contributed by atoms with E-state index >= 15 is 0 Å². The van der Waals surface area contributed by atoms with E-state index in [9.17, 15) is 9.59 Å². The minimum atomic E-state index is -0.506. The molecule has 0 spiro atoms. The minimum absolute atomic E-state index is 0.128. The largest absolute Gasteiger partial charge is 0.454 e. The number of nitrogens with zero attached hydrogens (tertiary/aromatic N) is 3. The molecule has 0 saturated heterocycles. The maximum atomic E-state index is 13.1. The van der Waals surface area contributed by atoms with Gasteiger partial charge in [0, 0.05) is 10.9 Å². The van der Waals surface area contributed by atoms with Gasteiger partial charge in [-0.1, -0.05) is 48.5 Å². The van der Waals surface area contributed by atoms with E-state index in [1.165, 1.54) is 4.68 Å². The van der Waals surface area contributed by atoms with E-state index in [1.807, 2.05) is 36.4 Å². The summed E-state index contributed by atoms with van der Waals surface area (Å²) in [5.74, 6) is 0.800. The van der Waals surface area contributed by atoms with E-state index in [1.54, 1.807) is 43.3 Å². The molecule has 1 amide bonds. The van der Waals surface area contributed by atoms with Crippen molar-refractivity contribution in [1.29, 1.82) is 0 Å². The van der Waals surface area contributed by atoms with Crippen LogP contribution >= 0.6 is 0 Å². The number of amides is 1. The molecule has 0 bridgehead atoms. The number of nitrogens with one attached hydrogen (secondary N) is 1. The normalized spacial score (nSPS) is 12.7. The van der Waals surface area contributed by atoms with Crippen molar-refractivity contribution >= 4 is 22.4 Å². The standard InChI is InChI=1S/C25H20N4O4/c1-16(18-11-12-21-22(13-18)33-15-32-21)26-27-24(30)23-19-9-5-6-10-20(19)25(31)29(28-23)14-17-7-3-2-4-8-17/h2-13H,14-15H2,1H3,(H,27,30). The summed E-state index contributed by atoms with van der Waals surface area (Å²) in [5.41, 5.74) is 4.71. The van der Waals surface area contributed by atoms with E-state index < -0.39 is 5.91 Å². The highest BCUT2D eigenvalue weighted by atomic mass is 16.7. The highest BCUT2D eigenvalue weighted by Gasteiger charge is 2.18. The van der Waals surface area contributed by atoms with Gasteiger partial charge in [-0.15, -0.1) is 0 Å². The smallest absolute Gasteiger partial charge is 0.292 e. The van der Waals surface area contributed by atoms with Crippen LogP contribution in [0.3, 0.4) is 0 Å². The molecule has 0 unspecified atom stereocenters. The fourth-order valence-corrected chi connectivity index (χ4v) is 3.64. The highest BCUT2D eigenvalue weighted by molar-refractivity contribution is 6.06. The SMILES string of the molecule is CC(=NNC(=O)c1nn(Cc2ccccc2)c(=O)c2ccccc12)c1ccc2c(c1)OCO2. The van der Waals surface area contributed by atoms with Gasteiger partial charge in [-0.25, -0.2) is 10.1 Å². The monoisotopic (exact) mass is 440 g/mol. The number of hydrogen-bond acceptors (Lipinski definition) is 6. The Hall–Kier alpha value is -4.46. The van der Waals surface area contributed by atoms with Crippen LogP contribution in [-0.4, -0.2) is 28.2 Å². The lowest BCUT2D eigenvalue weighted by Gasteiger charge is -2.10. The molecule has 1 N–H and O–H groups in total. The Morgan fingerprint density at radius 1 is 1.00 bits per heavy atom. The number of fused-ring (bicyclic) bond motifs is 2. The number of aromatic nitrogens is 2. The number of ether oxygens (including phenoxy) is 2. The highest BCUT2D eigenvalue weighted by Crippen LogP contribution is 2.32. The molecule has 1 aliphatic heterocycles. The second kappa shape index (κ2) is 8.58. The molecule has 3 aromatic carbocycles. The van der Waals surface area contributed by atoms with Gasteiger partial charge in [-0.3, -0.25) is 9.59 Å². The first-order chi connectivity index (χ1) is 16.1. The summed E-state index contributed by atoms with van der Waals surface area (Å²) in [5, 5.41) is 9.51. The molecule has 0 fully saturated rings. The van der Waals surface area contributed by atoms with Crippen molar-refractivity contribution in [3.8, 4) is 11.5 Å². The second-order valence-electron chi connectivity index (χ2n) is 7.55. The maximum absolute atomic E-state index is 13.1. The van der Waals surface area contributed by atoms with Crippen LogP contribution in [0.5, 0.6) is 11.5 Å². The van der Waals surface area contributed by atoms with Gasteiger partial charge >= 0.3 is 0 Å². The van der Waals surface area contributed by atoms with E-state index in [-0.39, 0.29) is 24.6 Å². The molecule has 0 saturated carbocycles. The van der Waals surface area contributed by atoms with Gasteiger partial charge in [0.15, 0.2) is 17.2 Å². The molecule has 0 atom stereocenters. The molecule has 5 rings (SSSR count). The Morgan fingerprint density at radius 3 is 2.55 bits per heavy atom. The van der Waals surface area contributed by atoms with Crippen molar-refractivity contribution in [2.75, 3.05) is 6.79 Å². The Morgan fingerprint density at radius 2 is 1.73 bits per heavy atom. The molecule has 0 aliphatic carbocycles. The molecule has 1 aromatic heterocycles. The van der Waals surface area contributed by atoms with Gasteiger partial charge in [0.05, 0.1) is 17.6 Å². The number of carbonyl (C=O) groups excluding carboxylic acids is 1. The number of benzene rings is 3. The second-order valence-corrected chi connectivity index (χ2v) is 7.55. The number of rotatable bonds is 5. The lowest BCUT2D eigenvalue weighted by molar-refractivity contribution is 0.0949. The van der Waals surface area contributed by atoms with Crippen LogP contribution in [0.1, 0.15) is 28.5 Å². The Balaban J connectivity index is 1.47. The van der Waals surface area contributed by atoms with E-state index in [4.69, 9.17) is 9.47 Å². The molecule has 8 nitrogen and oxygen atoms in total. The summed E-state index contributed by atoms with van der Waals surface area (Å²) in [4.78, 5) is 26.0. The third-order valence-electron chi connectivity index (χ3n) is 5.37. The predicted octanol–water partition coefficient (Wildman–Crippen LogP) is 3.33. The summed E-state index contributed by atoms with van der Waals surface area (Å²) in [7, 11) is 0. The number of hydrogen-bond donors (Lipinski definition) is 1. The van der Waals surface area contributed by atoms with Crippen molar-refractivity contribution in [1.82, 2.24) is 15.2 Å². The first-order valence-electron chi connectivity index (χ1n) is 10.4. The molecule has 1 aliphatic rings. The van der Waals surface area contributed by atoms with Gasteiger partial charge in [-0.2, -0.15) is 10.2 Å². The van der Waals surface area contributed by atoms with Crippen LogP contribution in [0, 0.1) is 0 Å².